The molecule has 8 nitrogen and oxygen atoms in total. The Bertz CT molecular complexity index is 277. The second-order valence-electron chi connectivity index (χ2n) is 3.37. The van der Waals surface area contributed by atoms with Gasteiger partial charge in [-0.3, -0.25) is 14.4 Å². The Hall–Kier alpha value is -1.67. The number of carboxylic acid groups (broad SMARTS) is 2. The molecule has 0 aliphatic rings. The monoisotopic (exact) mass is 248 g/mol. The molecule has 0 fully saturated rings. The zero-order chi connectivity index (χ0) is 13.4. The van der Waals surface area contributed by atoms with Crippen LogP contribution in [-0.4, -0.2) is 65.8 Å². The normalized spacial score (nSPS) is 11.9. The molecule has 1 amide bonds. The number of aliphatic carboxylic acids is 2. The molecule has 0 saturated carbocycles. The minimum atomic E-state index is -1.29. The van der Waals surface area contributed by atoms with Crippen LogP contribution in [0.3, 0.4) is 0 Å². The Morgan fingerprint density at radius 2 is 1.71 bits per heavy atom. The van der Waals surface area contributed by atoms with Gasteiger partial charge in [0.25, 0.3) is 0 Å². The van der Waals surface area contributed by atoms with Crippen molar-refractivity contribution in [3.8, 4) is 0 Å². The van der Waals surface area contributed by atoms with Gasteiger partial charge in [0.05, 0.1) is 6.04 Å². The Morgan fingerprint density at radius 1 is 1.24 bits per heavy atom. The first-order valence-electron chi connectivity index (χ1n) is 4.85. The van der Waals surface area contributed by atoms with Crippen molar-refractivity contribution < 1.29 is 29.3 Å². The van der Waals surface area contributed by atoms with Gasteiger partial charge >= 0.3 is 11.9 Å². The van der Waals surface area contributed by atoms with Crippen molar-refractivity contribution in [2.24, 2.45) is 5.73 Å². The number of nitrogens with zero attached hydrogens (tertiary/aromatic N) is 1. The van der Waals surface area contributed by atoms with E-state index < -0.39 is 37.0 Å². The summed E-state index contributed by atoms with van der Waals surface area (Å²) in [7, 11) is 1.43. The van der Waals surface area contributed by atoms with Crippen molar-refractivity contribution >= 4 is 17.8 Å². The molecule has 0 aromatic carbocycles. The highest BCUT2D eigenvalue weighted by atomic mass is 16.5. The molecule has 0 rings (SSSR count). The van der Waals surface area contributed by atoms with Crippen molar-refractivity contribution in [1.29, 1.82) is 0 Å². The average Bonchev–Trinajstić information content (AvgIpc) is 2.22. The summed E-state index contributed by atoms with van der Waals surface area (Å²) in [6.45, 7) is -1.14. The molecule has 0 aliphatic heterocycles. The zero-order valence-corrected chi connectivity index (χ0v) is 9.46. The molecule has 0 aromatic heterocycles. The molecule has 8 heteroatoms. The molecule has 0 heterocycles. The van der Waals surface area contributed by atoms with Gasteiger partial charge in [-0.25, -0.2) is 0 Å². The lowest BCUT2D eigenvalue weighted by Gasteiger charge is -2.22. The van der Waals surface area contributed by atoms with Gasteiger partial charge < -0.3 is 25.6 Å². The summed E-state index contributed by atoms with van der Waals surface area (Å²) in [5.41, 5.74) is 5.50. The number of hydrogen-bond donors (Lipinski definition) is 3. The zero-order valence-electron chi connectivity index (χ0n) is 9.46. The van der Waals surface area contributed by atoms with Gasteiger partial charge in [-0.1, -0.05) is 0 Å². The van der Waals surface area contributed by atoms with Crippen LogP contribution in [0.1, 0.15) is 6.42 Å². The molecular formula is C9H16N2O6. The van der Waals surface area contributed by atoms with E-state index in [4.69, 9.17) is 20.7 Å². The molecule has 0 spiro atoms. The third-order valence-electron chi connectivity index (χ3n) is 1.91. The third kappa shape index (κ3) is 6.48. The average molecular weight is 248 g/mol. The maximum atomic E-state index is 11.6. The fraction of sp³-hybridized carbons (Fsp3) is 0.667. The summed E-state index contributed by atoms with van der Waals surface area (Å²) < 4.78 is 4.72. The number of hydrogen-bond acceptors (Lipinski definition) is 5. The van der Waals surface area contributed by atoms with E-state index in [-0.39, 0.29) is 13.0 Å². The highest BCUT2D eigenvalue weighted by Gasteiger charge is 2.24. The molecule has 17 heavy (non-hydrogen) atoms. The second kappa shape index (κ2) is 7.58. The predicted molar refractivity (Wildman–Crippen MR) is 56.3 cm³/mol. The van der Waals surface area contributed by atoms with Crippen molar-refractivity contribution in [3.63, 3.8) is 0 Å². The SMILES string of the molecule is COCCC(N)C(=O)N(CC(=O)O)CC(=O)O. The summed E-state index contributed by atoms with van der Waals surface area (Å²) in [5.74, 6) is -3.30. The molecule has 1 atom stereocenters. The standard InChI is InChI=1S/C9H16N2O6/c1-17-3-2-6(10)9(16)11(4-7(12)13)5-8(14)15/h6H,2-5,10H2,1H3,(H,12,13)(H,14,15). The lowest BCUT2D eigenvalue weighted by molar-refractivity contribution is -0.150. The highest BCUT2D eigenvalue weighted by Crippen LogP contribution is 1.98. The van der Waals surface area contributed by atoms with Crippen molar-refractivity contribution in [3.05, 3.63) is 0 Å². The van der Waals surface area contributed by atoms with Crippen LogP contribution in [0.4, 0.5) is 0 Å². The van der Waals surface area contributed by atoms with Crippen molar-refractivity contribution in [2.75, 3.05) is 26.8 Å². The number of carbonyl (C=O) groups excluding carboxylic acids is 1. The summed E-state index contributed by atoms with van der Waals surface area (Å²) in [6.07, 6.45) is 0.199. The van der Waals surface area contributed by atoms with E-state index in [9.17, 15) is 14.4 Å². The van der Waals surface area contributed by atoms with Crippen LogP contribution in [0.15, 0.2) is 0 Å². The summed E-state index contributed by atoms with van der Waals surface area (Å²) in [5, 5.41) is 17.1. The van der Waals surface area contributed by atoms with Crippen LogP contribution >= 0.6 is 0 Å². The fourth-order valence-electron chi connectivity index (χ4n) is 1.14. The largest absolute Gasteiger partial charge is 0.480 e. The minimum absolute atomic E-state index is 0.199. The van der Waals surface area contributed by atoms with Gasteiger partial charge in [0.2, 0.25) is 5.91 Å². The first-order chi connectivity index (χ1) is 7.88. The van der Waals surface area contributed by atoms with E-state index in [1.807, 2.05) is 0 Å². The lowest BCUT2D eigenvalue weighted by Crippen LogP contribution is -2.48. The van der Waals surface area contributed by atoms with Crippen LogP contribution in [0.25, 0.3) is 0 Å². The van der Waals surface area contributed by atoms with Crippen LogP contribution in [0.2, 0.25) is 0 Å². The van der Waals surface area contributed by atoms with Crippen molar-refractivity contribution in [2.45, 2.75) is 12.5 Å². The highest BCUT2D eigenvalue weighted by molar-refractivity contribution is 5.88. The van der Waals surface area contributed by atoms with Gasteiger partial charge in [-0.05, 0) is 6.42 Å². The van der Waals surface area contributed by atoms with E-state index in [0.29, 0.717) is 4.90 Å². The molecule has 4 N–H and O–H groups in total. The van der Waals surface area contributed by atoms with Crippen LogP contribution in [0.5, 0.6) is 0 Å². The summed E-state index contributed by atoms with van der Waals surface area (Å²) in [6, 6.07) is -0.964. The summed E-state index contributed by atoms with van der Waals surface area (Å²) in [4.78, 5) is 33.3. The smallest absolute Gasteiger partial charge is 0.323 e. The van der Waals surface area contributed by atoms with E-state index in [1.165, 1.54) is 7.11 Å². The van der Waals surface area contributed by atoms with Crippen molar-refractivity contribution in [1.82, 2.24) is 4.90 Å². The van der Waals surface area contributed by atoms with Gasteiger partial charge in [-0.2, -0.15) is 0 Å². The number of carbonyl (C=O) groups is 3. The lowest BCUT2D eigenvalue weighted by atomic mass is 10.2. The Kier molecular flexibility index (Phi) is 6.83. The van der Waals surface area contributed by atoms with E-state index in [0.717, 1.165) is 0 Å². The molecule has 0 bridgehead atoms. The predicted octanol–water partition coefficient (Wildman–Crippen LogP) is -1.65. The number of nitrogens with two attached hydrogens (primary N) is 1. The molecule has 0 aromatic rings. The third-order valence-corrected chi connectivity index (χ3v) is 1.91. The maximum absolute atomic E-state index is 11.6. The van der Waals surface area contributed by atoms with E-state index in [1.54, 1.807) is 0 Å². The molecule has 0 radical (unpaired) electrons. The number of methoxy groups -OCH3 is 1. The molecular weight excluding hydrogens is 232 g/mol. The molecule has 98 valence electrons. The van der Waals surface area contributed by atoms with Crippen LogP contribution in [-0.2, 0) is 19.1 Å². The number of rotatable bonds is 8. The maximum Gasteiger partial charge on any atom is 0.323 e. The number of ether oxygens (including phenoxy) is 1. The van der Waals surface area contributed by atoms with Crippen LogP contribution in [0, 0.1) is 0 Å². The number of amides is 1. The van der Waals surface area contributed by atoms with E-state index >= 15 is 0 Å². The summed E-state index contributed by atoms with van der Waals surface area (Å²) >= 11 is 0. The Morgan fingerprint density at radius 3 is 2.06 bits per heavy atom. The number of carboxylic acids is 2. The van der Waals surface area contributed by atoms with Gasteiger partial charge in [0.1, 0.15) is 13.1 Å². The molecule has 0 aliphatic carbocycles. The topological polar surface area (TPSA) is 130 Å². The van der Waals surface area contributed by atoms with Gasteiger partial charge in [0, 0.05) is 13.7 Å². The van der Waals surface area contributed by atoms with Gasteiger partial charge in [-0.15, -0.1) is 0 Å². The Balaban J connectivity index is 4.49. The fourth-order valence-corrected chi connectivity index (χ4v) is 1.14. The minimum Gasteiger partial charge on any atom is -0.480 e. The Labute approximate surface area is 97.9 Å². The second-order valence-corrected chi connectivity index (χ2v) is 3.37. The van der Waals surface area contributed by atoms with Crippen LogP contribution < -0.4 is 5.73 Å². The first kappa shape index (κ1) is 15.3. The van der Waals surface area contributed by atoms with Gasteiger partial charge in [0.15, 0.2) is 0 Å². The first-order valence-corrected chi connectivity index (χ1v) is 4.85. The quantitative estimate of drug-likeness (QED) is 0.469. The molecule has 1 unspecified atom stereocenters. The molecule has 0 saturated heterocycles. The van der Waals surface area contributed by atoms with E-state index in [2.05, 4.69) is 0 Å².